The molecule has 1 saturated heterocycles. The van der Waals surface area contributed by atoms with Gasteiger partial charge in [-0.1, -0.05) is 91.7 Å². The van der Waals surface area contributed by atoms with Crippen LogP contribution in [0, 0.1) is 6.92 Å². The van der Waals surface area contributed by atoms with Crippen LogP contribution < -0.4 is 5.32 Å². The first-order valence-corrected chi connectivity index (χ1v) is 10.9. The first-order valence-electron chi connectivity index (χ1n) is 10.6. The van der Waals surface area contributed by atoms with Gasteiger partial charge in [0.25, 0.3) is 0 Å². The molecule has 3 aromatic rings. The first-order chi connectivity index (χ1) is 14.2. The average molecular weight is 407 g/mol. The van der Waals surface area contributed by atoms with Gasteiger partial charge in [0.05, 0.1) is 0 Å². The van der Waals surface area contributed by atoms with Gasteiger partial charge in [-0.2, -0.15) is 0 Å². The molecule has 1 N–H and O–H groups in total. The van der Waals surface area contributed by atoms with E-state index >= 15 is 0 Å². The molecule has 152 valence electrons. The maximum absolute atomic E-state index is 6.39. The van der Waals surface area contributed by atoms with E-state index in [0.717, 1.165) is 36.8 Å². The molecular weight excluding hydrogens is 376 g/mol. The van der Waals surface area contributed by atoms with E-state index in [2.05, 4.69) is 77.8 Å². The molecule has 3 heteroatoms. The molecule has 3 aromatic carbocycles. The highest BCUT2D eigenvalue weighted by Crippen LogP contribution is 2.29. The van der Waals surface area contributed by atoms with Crippen molar-refractivity contribution in [3.63, 3.8) is 0 Å². The zero-order chi connectivity index (χ0) is 20.6. The van der Waals surface area contributed by atoms with Crippen molar-refractivity contribution in [2.24, 2.45) is 0 Å². The van der Waals surface area contributed by atoms with Gasteiger partial charge in [0, 0.05) is 42.8 Å². The minimum Gasteiger partial charge on any atom is -0.308 e. The molecule has 1 fully saturated rings. The van der Waals surface area contributed by atoms with Crippen molar-refractivity contribution in [2.75, 3.05) is 19.6 Å². The Morgan fingerprint density at radius 2 is 1.69 bits per heavy atom. The number of hydrogen-bond donors (Lipinski definition) is 1. The molecule has 1 heterocycles. The molecule has 1 aliphatic rings. The van der Waals surface area contributed by atoms with Crippen LogP contribution >= 0.6 is 11.6 Å². The van der Waals surface area contributed by atoms with Crippen LogP contribution in [0.25, 0.3) is 11.1 Å². The van der Waals surface area contributed by atoms with Crippen LogP contribution in [0.5, 0.6) is 0 Å². The summed E-state index contributed by atoms with van der Waals surface area (Å²) in [7, 11) is 0. The SMILES string of the molecule is CC.Cc1ccc(Cl)c(-c2ccc(CN3CCNC(c4ccccc4)C3)cc2)c1. The van der Waals surface area contributed by atoms with Gasteiger partial charge in [0.15, 0.2) is 0 Å². The molecule has 0 aromatic heterocycles. The maximum Gasteiger partial charge on any atom is 0.0484 e. The van der Waals surface area contributed by atoms with Crippen molar-refractivity contribution in [3.05, 3.63) is 94.5 Å². The van der Waals surface area contributed by atoms with E-state index < -0.39 is 0 Å². The van der Waals surface area contributed by atoms with Crippen molar-refractivity contribution in [1.82, 2.24) is 10.2 Å². The van der Waals surface area contributed by atoms with Crippen LogP contribution in [0.2, 0.25) is 5.02 Å². The topological polar surface area (TPSA) is 15.3 Å². The van der Waals surface area contributed by atoms with E-state index in [0.29, 0.717) is 6.04 Å². The van der Waals surface area contributed by atoms with Crippen molar-refractivity contribution >= 4 is 11.6 Å². The summed E-state index contributed by atoms with van der Waals surface area (Å²) in [6.45, 7) is 10.2. The molecule has 0 saturated carbocycles. The number of rotatable bonds is 4. The van der Waals surface area contributed by atoms with Crippen molar-refractivity contribution in [2.45, 2.75) is 33.4 Å². The largest absolute Gasteiger partial charge is 0.308 e. The quantitative estimate of drug-likeness (QED) is 0.532. The zero-order valence-corrected chi connectivity index (χ0v) is 18.4. The summed E-state index contributed by atoms with van der Waals surface area (Å²) in [6.07, 6.45) is 0. The molecule has 0 aliphatic carbocycles. The molecule has 0 bridgehead atoms. The third kappa shape index (κ3) is 5.70. The number of benzene rings is 3. The van der Waals surface area contributed by atoms with Gasteiger partial charge in [-0.3, -0.25) is 4.90 Å². The van der Waals surface area contributed by atoms with Crippen LogP contribution in [0.3, 0.4) is 0 Å². The number of halogens is 1. The number of nitrogens with one attached hydrogen (secondary N) is 1. The average Bonchev–Trinajstić information content (AvgIpc) is 2.78. The molecule has 0 amide bonds. The smallest absolute Gasteiger partial charge is 0.0484 e. The number of hydrogen-bond acceptors (Lipinski definition) is 2. The second kappa shape index (κ2) is 10.6. The summed E-state index contributed by atoms with van der Waals surface area (Å²) in [6, 6.07) is 26.1. The lowest BCUT2D eigenvalue weighted by atomic mass is 10.0. The Hall–Kier alpha value is -2.13. The van der Waals surface area contributed by atoms with E-state index in [1.807, 2.05) is 26.0 Å². The fourth-order valence-corrected chi connectivity index (χ4v) is 4.00. The van der Waals surface area contributed by atoms with Crippen LogP contribution in [-0.2, 0) is 6.54 Å². The Morgan fingerprint density at radius 3 is 2.41 bits per heavy atom. The Kier molecular flexibility index (Phi) is 7.88. The summed E-state index contributed by atoms with van der Waals surface area (Å²) in [4.78, 5) is 2.53. The summed E-state index contributed by atoms with van der Waals surface area (Å²) in [5, 5.41) is 4.44. The lowest BCUT2D eigenvalue weighted by Crippen LogP contribution is -2.45. The van der Waals surface area contributed by atoms with Gasteiger partial charge in [0.2, 0.25) is 0 Å². The molecular formula is C26H31ClN2. The second-order valence-electron chi connectivity index (χ2n) is 7.33. The number of aryl methyl sites for hydroxylation is 1. The van der Waals surface area contributed by atoms with Crippen LogP contribution in [0.4, 0.5) is 0 Å². The minimum atomic E-state index is 0.408. The second-order valence-corrected chi connectivity index (χ2v) is 7.74. The zero-order valence-electron chi connectivity index (χ0n) is 17.7. The van der Waals surface area contributed by atoms with Gasteiger partial charge >= 0.3 is 0 Å². The van der Waals surface area contributed by atoms with Crippen LogP contribution in [0.1, 0.15) is 36.6 Å². The Balaban J connectivity index is 0.00000117. The predicted octanol–water partition coefficient (Wildman–Crippen LogP) is 6.49. The first kappa shape index (κ1) is 21.6. The highest BCUT2D eigenvalue weighted by Gasteiger charge is 2.20. The molecule has 29 heavy (non-hydrogen) atoms. The highest BCUT2D eigenvalue weighted by atomic mass is 35.5. The van der Waals surface area contributed by atoms with E-state index in [1.165, 1.54) is 22.3 Å². The Morgan fingerprint density at radius 1 is 0.966 bits per heavy atom. The van der Waals surface area contributed by atoms with Crippen molar-refractivity contribution < 1.29 is 0 Å². The highest BCUT2D eigenvalue weighted by molar-refractivity contribution is 6.33. The Bertz CT molecular complexity index is 890. The summed E-state index contributed by atoms with van der Waals surface area (Å²) < 4.78 is 0. The summed E-state index contributed by atoms with van der Waals surface area (Å²) in [5.41, 5.74) is 6.22. The minimum absolute atomic E-state index is 0.408. The van der Waals surface area contributed by atoms with Gasteiger partial charge < -0.3 is 5.32 Å². The molecule has 0 spiro atoms. The number of nitrogens with zero attached hydrogens (tertiary/aromatic N) is 1. The molecule has 1 atom stereocenters. The monoisotopic (exact) mass is 406 g/mol. The third-order valence-electron chi connectivity index (χ3n) is 5.25. The van der Waals surface area contributed by atoms with E-state index in [9.17, 15) is 0 Å². The Labute approximate surface area is 180 Å². The van der Waals surface area contributed by atoms with E-state index in [4.69, 9.17) is 11.6 Å². The third-order valence-corrected chi connectivity index (χ3v) is 5.58. The lowest BCUT2D eigenvalue weighted by molar-refractivity contribution is 0.193. The van der Waals surface area contributed by atoms with E-state index in [-0.39, 0.29) is 0 Å². The van der Waals surface area contributed by atoms with Gasteiger partial charge in [-0.05, 0) is 35.7 Å². The van der Waals surface area contributed by atoms with Gasteiger partial charge in [-0.25, -0.2) is 0 Å². The lowest BCUT2D eigenvalue weighted by Gasteiger charge is -2.34. The van der Waals surface area contributed by atoms with Crippen molar-refractivity contribution in [3.8, 4) is 11.1 Å². The van der Waals surface area contributed by atoms with E-state index in [1.54, 1.807) is 0 Å². The van der Waals surface area contributed by atoms with Gasteiger partial charge in [0.1, 0.15) is 0 Å². The van der Waals surface area contributed by atoms with Crippen LogP contribution in [0.15, 0.2) is 72.8 Å². The molecule has 0 radical (unpaired) electrons. The fourth-order valence-electron chi connectivity index (χ4n) is 3.77. The molecule has 1 aliphatic heterocycles. The predicted molar refractivity (Wildman–Crippen MR) is 125 cm³/mol. The summed E-state index contributed by atoms with van der Waals surface area (Å²) >= 11 is 6.39. The van der Waals surface area contributed by atoms with Gasteiger partial charge in [-0.15, -0.1) is 0 Å². The van der Waals surface area contributed by atoms with Crippen molar-refractivity contribution in [1.29, 1.82) is 0 Å². The molecule has 1 unspecified atom stereocenters. The summed E-state index contributed by atoms with van der Waals surface area (Å²) in [5.74, 6) is 0. The van der Waals surface area contributed by atoms with Crippen LogP contribution in [-0.4, -0.2) is 24.5 Å². The standard InChI is InChI=1S/C24H25ClN2.C2H6/c1-18-7-12-23(25)22(15-18)20-10-8-19(9-11-20)16-27-14-13-26-24(17-27)21-5-3-2-4-6-21;1-2/h2-12,15,24,26H,13-14,16-17H2,1H3;1-2H3. The number of piperazine rings is 1. The fraction of sp³-hybridized carbons (Fsp3) is 0.308. The molecule has 2 nitrogen and oxygen atoms in total. The maximum atomic E-state index is 6.39. The molecule has 4 rings (SSSR count). The normalized spacial score (nSPS) is 16.8.